The molecule has 0 bridgehead atoms. The SMILES string of the molecule is CC1(C)CC(C(=O)C2CCCCC2C(F)(F)F)C(C)(C)O1. The van der Waals surface area contributed by atoms with Crippen molar-refractivity contribution < 1.29 is 22.7 Å². The van der Waals surface area contributed by atoms with Gasteiger partial charge in [-0.3, -0.25) is 4.79 Å². The Kier molecular flexibility index (Phi) is 4.20. The fraction of sp³-hybridized carbons (Fsp3) is 0.938. The smallest absolute Gasteiger partial charge is 0.369 e. The Morgan fingerprint density at radius 2 is 1.67 bits per heavy atom. The highest BCUT2D eigenvalue weighted by Gasteiger charge is 2.55. The molecule has 21 heavy (non-hydrogen) atoms. The van der Waals surface area contributed by atoms with E-state index in [0.717, 1.165) is 0 Å². The number of carbonyl (C=O) groups excluding carboxylic acids is 1. The van der Waals surface area contributed by atoms with Gasteiger partial charge in [-0.1, -0.05) is 12.8 Å². The quantitative estimate of drug-likeness (QED) is 0.750. The van der Waals surface area contributed by atoms with Crippen LogP contribution >= 0.6 is 0 Å². The Hall–Kier alpha value is -0.580. The maximum absolute atomic E-state index is 13.2. The maximum atomic E-state index is 13.2. The van der Waals surface area contributed by atoms with Gasteiger partial charge in [0.25, 0.3) is 0 Å². The van der Waals surface area contributed by atoms with Gasteiger partial charge in [0, 0.05) is 11.8 Å². The van der Waals surface area contributed by atoms with Crippen LogP contribution < -0.4 is 0 Å². The molecule has 0 N–H and O–H groups in total. The predicted molar refractivity (Wildman–Crippen MR) is 73.9 cm³/mol. The number of hydrogen-bond acceptors (Lipinski definition) is 2. The summed E-state index contributed by atoms with van der Waals surface area (Å²) in [6.45, 7) is 7.42. The second-order valence-corrected chi connectivity index (χ2v) is 7.66. The third-order valence-corrected chi connectivity index (χ3v) is 4.97. The number of alkyl halides is 3. The highest BCUT2D eigenvalue weighted by molar-refractivity contribution is 5.85. The van der Waals surface area contributed by atoms with Crippen molar-refractivity contribution in [2.75, 3.05) is 0 Å². The van der Waals surface area contributed by atoms with E-state index in [0.29, 0.717) is 25.7 Å². The number of ether oxygens (including phenoxy) is 1. The summed E-state index contributed by atoms with van der Waals surface area (Å²) in [6.07, 6.45) is -2.07. The monoisotopic (exact) mass is 306 g/mol. The minimum atomic E-state index is -4.28. The fourth-order valence-electron chi connectivity index (χ4n) is 4.13. The topological polar surface area (TPSA) is 26.3 Å². The molecule has 3 unspecified atom stereocenters. The zero-order valence-electron chi connectivity index (χ0n) is 13.2. The molecule has 3 atom stereocenters. The van der Waals surface area contributed by atoms with Crippen LogP contribution in [0.3, 0.4) is 0 Å². The van der Waals surface area contributed by atoms with E-state index in [2.05, 4.69) is 0 Å². The van der Waals surface area contributed by atoms with Crippen LogP contribution in [0.1, 0.15) is 59.8 Å². The summed E-state index contributed by atoms with van der Waals surface area (Å²) >= 11 is 0. The van der Waals surface area contributed by atoms with Crippen molar-refractivity contribution in [3.05, 3.63) is 0 Å². The molecule has 0 aromatic heterocycles. The first-order valence-electron chi connectivity index (χ1n) is 7.75. The van der Waals surface area contributed by atoms with E-state index in [9.17, 15) is 18.0 Å². The van der Waals surface area contributed by atoms with Gasteiger partial charge < -0.3 is 4.74 Å². The molecule has 2 aliphatic rings. The minimum Gasteiger partial charge on any atom is -0.369 e. The second kappa shape index (κ2) is 5.25. The molecule has 1 saturated heterocycles. The van der Waals surface area contributed by atoms with Crippen LogP contribution in [0.5, 0.6) is 0 Å². The molecule has 1 saturated carbocycles. The number of carbonyl (C=O) groups is 1. The van der Waals surface area contributed by atoms with Crippen LogP contribution in [0.2, 0.25) is 0 Å². The first kappa shape index (κ1) is 16.8. The Morgan fingerprint density at radius 1 is 1.10 bits per heavy atom. The summed E-state index contributed by atoms with van der Waals surface area (Å²) in [5, 5.41) is 0. The van der Waals surface area contributed by atoms with Crippen molar-refractivity contribution in [3.63, 3.8) is 0 Å². The molecular weight excluding hydrogens is 281 g/mol. The average molecular weight is 306 g/mol. The molecule has 0 radical (unpaired) electrons. The van der Waals surface area contributed by atoms with Crippen LogP contribution in [-0.2, 0) is 9.53 Å². The van der Waals surface area contributed by atoms with Gasteiger partial charge in [-0.25, -0.2) is 0 Å². The molecule has 1 aliphatic carbocycles. The van der Waals surface area contributed by atoms with Gasteiger partial charge in [-0.2, -0.15) is 13.2 Å². The van der Waals surface area contributed by atoms with Gasteiger partial charge in [0.05, 0.1) is 17.1 Å². The molecule has 2 rings (SSSR count). The fourth-order valence-corrected chi connectivity index (χ4v) is 4.13. The van der Waals surface area contributed by atoms with E-state index < -0.39 is 35.1 Å². The maximum Gasteiger partial charge on any atom is 0.392 e. The summed E-state index contributed by atoms with van der Waals surface area (Å²) in [4.78, 5) is 12.8. The van der Waals surface area contributed by atoms with Crippen LogP contribution in [0.25, 0.3) is 0 Å². The molecule has 1 heterocycles. The van der Waals surface area contributed by atoms with Gasteiger partial charge in [-0.05, 0) is 47.0 Å². The number of ketones is 1. The number of Topliss-reactive ketones (excluding diaryl/α,β-unsaturated/α-hetero) is 1. The zero-order valence-corrected chi connectivity index (χ0v) is 13.2. The van der Waals surface area contributed by atoms with E-state index in [1.54, 1.807) is 0 Å². The van der Waals surface area contributed by atoms with Crippen LogP contribution in [0.4, 0.5) is 13.2 Å². The summed E-state index contributed by atoms with van der Waals surface area (Å²) in [5.41, 5.74) is -1.14. The van der Waals surface area contributed by atoms with Crippen LogP contribution in [0, 0.1) is 17.8 Å². The molecule has 122 valence electrons. The first-order valence-corrected chi connectivity index (χ1v) is 7.75. The molecule has 0 aromatic rings. The average Bonchev–Trinajstić information content (AvgIpc) is 2.55. The Balaban J connectivity index is 2.22. The van der Waals surface area contributed by atoms with Gasteiger partial charge in [0.1, 0.15) is 5.78 Å². The molecule has 0 aromatic carbocycles. The normalized spacial score (nSPS) is 35.7. The van der Waals surface area contributed by atoms with Gasteiger partial charge in [0.15, 0.2) is 0 Å². The van der Waals surface area contributed by atoms with Crippen molar-refractivity contribution in [1.29, 1.82) is 0 Å². The molecular formula is C16H25F3O2. The molecule has 0 amide bonds. The third kappa shape index (κ3) is 3.43. The lowest BCUT2D eigenvalue weighted by Crippen LogP contribution is -2.43. The Labute approximate surface area is 124 Å². The van der Waals surface area contributed by atoms with Crippen molar-refractivity contribution in [2.45, 2.75) is 77.2 Å². The lowest BCUT2D eigenvalue weighted by atomic mass is 9.70. The Bertz CT molecular complexity index is 412. The van der Waals surface area contributed by atoms with Crippen LogP contribution in [0.15, 0.2) is 0 Å². The summed E-state index contributed by atoms with van der Waals surface area (Å²) < 4.78 is 45.5. The number of rotatable bonds is 2. The minimum absolute atomic E-state index is 0.0807. The van der Waals surface area contributed by atoms with E-state index in [-0.39, 0.29) is 12.2 Å². The zero-order chi connectivity index (χ0) is 16.1. The van der Waals surface area contributed by atoms with E-state index in [4.69, 9.17) is 4.74 Å². The third-order valence-electron chi connectivity index (χ3n) is 4.97. The molecule has 5 heteroatoms. The van der Waals surface area contributed by atoms with Crippen molar-refractivity contribution in [1.82, 2.24) is 0 Å². The molecule has 1 aliphatic heterocycles. The lowest BCUT2D eigenvalue weighted by Gasteiger charge is -2.35. The second-order valence-electron chi connectivity index (χ2n) is 7.66. The van der Waals surface area contributed by atoms with E-state index >= 15 is 0 Å². The standard InChI is InChI=1S/C16H25F3O2/c1-14(2)9-12(15(3,4)21-14)13(20)10-7-5-6-8-11(10)16(17,18)19/h10-12H,5-9H2,1-4H3. The van der Waals surface area contributed by atoms with Crippen LogP contribution in [-0.4, -0.2) is 23.2 Å². The number of hydrogen-bond donors (Lipinski definition) is 0. The summed E-state index contributed by atoms with van der Waals surface area (Å²) in [5.74, 6) is -3.05. The molecule has 2 nitrogen and oxygen atoms in total. The summed E-state index contributed by atoms with van der Waals surface area (Å²) in [6, 6.07) is 0. The molecule has 2 fully saturated rings. The summed E-state index contributed by atoms with van der Waals surface area (Å²) in [7, 11) is 0. The van der Waals surface area contributed by atoms with E-state index in [1.165, 1.54) is 0 Å². The Morgan fingerprint density at radius 3 is 2.14 bits per heavy atom. The van der Waals surface area contributed by atoms with Gasteiger partial charge >= 0.3 is 6.18 Å². The van der Waals surface area contributed by atoms with Gasteiger partial charge in [-0.15, -0.1) is 0 Å². The first-order chi connectivity index (χ1) is 9.44. The lowest BCUT2D eigenvalue weighted by molar-refractivity contribution is -0.199. The highest BCUT2D eigenvalue weighted by atomic mass is 19.4. The van der Waals surface area contributed by atoms with Crippen molar-refractivity contribution in [3.8, 4) is 0 Å². The largest absolute Gasteiger partial charge is 0.392 e. The van der Waals surface area contributed by atoms with Crippen molar-refractivity contribution >= 4 is 5.78 Å². The van der Waals surface area contributed by atoms with E-state index in [1.807, 2.05) is 27.7 Å². The highest BCUT2D eigenvalue weighted by Crippen LogP contribution is 2.48. The van der Waals surface area contributed by atoms with Crippen molar-refractivity contribution in [2.24, 2.45) is 17.8 Å². The predicted octanol–water partition coefficient (Wildman–Crippen LogP) is 4.52. The molecule has 0 spiro atoms. The van der Waals surface area contributed by atoms with Gasteiger partial charge in [0.2, 0.25) is 0 Å². The number of halogens is 3.